The van der Waals surface area contributed by atoms with Gasteiger partial charge in [0.25, 0.3) is 0 Å². The molecule has 0 radical (unpaired) electrons. The topological polar surface area (TPSA) is 41.6 Å². The highest BCUT2D eigenvalue weighted by Gasteiger charge is 2.22. The first-order valence-electron chi connectivity index (χ1n) is 7.81. The number of anilines is 1. The van der Waals surface area contributed by atoms with Crippen LogP contribution < -0.4 is 10.1 Å². The summed E-state index contributed by atoms with van der Waals surface area (Å²) in [6.07, 6.45) is 4.92. The predicted octanol–water partition coefficient (Wildman–Crippen LogP) is 3.21. The molecule has 1 heterocycles. The van der Waals surface area contributed by atoms with Gasteiger partial charge in [-0.1, -0.05) is 18.9 Å². The second-order valence-corrected chi connectivity index (χ2v) is 5.82. The maximum absolute atomic E-state index is 12.5. The largest absolute Gasteiger partial charge is 0.495 e. The van der Waals surface area contributed by atoms with Crippen LogP contribution in [0.25, 0.3) is 0 Å². The third-order valence-electron chi connectivity index (χ3n) is 4.18. The van der Waals surface area contributed by atoms with Crippen molar-refractivity contribution in [3.8, 4) is 5.75 Å². The van der Waals surface area contributed by atoms with Crippen LogP contribution in [0.5, 0.6) is 5.75 Å². The Bertz CT molecular complexity index is 480. The van der Waals surface area contributed by atoms with E-state index in [1.165, 1.54) is 25.7 Å². The second kappa shape index (κ2) is 7.46. The van der Waals surface area contributed by atoms with Crippen LogP contribution in [0.3, 0.4) is 0 Å². The molecular weight excluding hydrogens is 264 g/mol. The predicted molar refractivity (Wildman–Crippen MR) is 85.9 cm³/mol. The minimum atomic E-state index is -0.103. The quantitative estimate of drug-likeness (QED) is 0.926. The van der Waals surface area contributed by atoms with Crippen molar-refractivity contribution >= 4 is 11.6 Å². The molecule has 4 nitrogen and oxygen atoms in total. The number of methoxy groups -OCH3 is 1. The molecule has 116 valence electrons. The molecule has 1 aromatic rings. The van der Waals surface area contributed by atoms with Gasteiger partial charge in [0.2, 0.25) is 5.91 Å². The monoisotopic (exact) mass is 290 g/mol. The maximum Gasteiger partial charge on any atom is 0.241 e. The first kappa shape index (κ1) is 15.8. The summed E-state index contributed by atoms with van der Waals surface area (Å²) in [5.74, 6) is 0.748. The first-order valence-corrected chi connectivity index (χ1v) is 7.81. The van der Waals surface area contributed by atoms with E-state index in [1.807, 2.05) is 32.0 Å². The fraction of sp³-hybridized carbons (Fsp3) is 0.588. The number of carbonyl (C=O) groups excluding carboxylic acids is 1. The van der Waals surface area contributed by atoms with Gasteiger partial charge in [0.05, 0.1) is 18.8 Å². The van der Waals surface area contributed by atoms with Crippen LogP contribution in [0, 0.1) is 6.92 Å². The number of nitrogens with one attached hydrogen (secondary N) is 1. The Labute approximate surface area is 127 Å². The van der Waals surface area contributed by atoms with E-state index in [0.29, 0.717) is 5.75 Å². The fourth-order valence-corrected chi connectivity index (χ4v) is 2.80. The van der Waals surface area contributed by atoms with Crippen LogP contribution in [0.4, 0.5) is 5.69 Å². The minimum absolute atomic E-state index is 0.0424. The molecule has 21 heavy (non-hydrogen) atoms. The molecule has 0 spiro atoms. The number of likely N-dealkylation sites (tertiary alicyclic amines) is 1. The molecule has 0 aliphatic carbocycles. The molecule has 0 aromatic heterocycles. The summed E-state index contributed by atoms with van der Waals surface area (Å²) in [5, 5.41) is 3.01. The summed E-state index contributed by atoms with van der Waals surface area (Å²) in [6.45, 7) is 6.02. The maximum atomic E-state index is 12.5. The zero-order valence-electron chi connectivity index (χ0n) is 13.3. The molecule has 1 atom stereocenters. The summed E-state index contributed by atoms with van der Waals surface area (Å²) < 4.78 is 5.32. The number of amides is 1. The lowest BCUT2D eigenvalue weighted by Crippen LogP contribution is -2.42. The number of nitrogens with zero attached hydrogens (tertiary/aromatic N) is 1. The van der Waals surface area contributed by atoms with Crippen molar-refractivity contribution in [2.45, 2.75) is 45.6 Å². The van der Waals surface area contributed by atoms with Gasteiger partial charge < -0.3 is 10.1 Å². The van der Waals surface area contributed by atoms with Gasteiger partial charge in [-0.05, 0) is 57.5 Å². The van der Waals surface area contributed by atoms with Crippen LogP contribution in [0.1, 0.15) is 38.2 Å². The molecule has 1 fully saturated rings. The SMILES string of the molecule is COc1ccc(C)cc1NC(=O)C(C)N1CCCCCC1. The number of aryl methyl sites for hydroxylation is 1. The van der Waals surface area contributed by atoms with Crippen molar-refractivity contribution in [2.24, 2.45) is 0 Å². The molecule has 2 rings (SSSR count). The summed E-state index contributed by atoms with van der Waals surface area (Å²) in [4.78, 5) is 14.8. The molecule has 1 aromatic carbocycles. The van der Waals surface area contributed by atoms with Crippen LogP contribution >= 0.6 is 0 Å². The van der Waals surface area contributed by atoms with Crippen LogP contribution in [0.15, 0.2) is 18.2 Å². The highest BCUT2D eigenvalue weighted by atomic mass is 16.5. The molecule has 1 unspecified atom stereocenters. The number of hydrogen-bond acceptors (Lipinski definition) is 3. The Hall–Kier alpha value is -1.55. The second-order valence-electron chi connectivity index (χ2n) is 5.82. The van der Waals surface area contributed by atoms with Gasteiger partial charge in [-0.2, -0.15) is 0 Å². The standard InChI is InChI=1S/C17H26N2O2/c1-13-8-9-16(21-3)15(12-13)18-17(20)14(2)19-10-6-4-5-7-11-19/h8-9,12,14H,4-7,10-11H2,1-3H3,(H,18,20). The minimum Gasteiger partial charge on any atom is -0.495 e. The van der Waals surface area contributed by atoms with Crippen molar-refractivity contribution in [2.75, 3.05) is 25.5 Å². The number of ether oxygens (including phenoxy) is 1. The number of hydrogen-bond donors (Lipinski definition) is 1. The molecular formula is C17H26N2O2. The number of benzene rings is 1. The van der Waals surface area contributed by atoms with E-state index in [0.717, 1.165) is 24.3 Å². The molecule has 0 bridgehead atoms. The smallest absolute Gasteiger partial charge is 0.241 e. The first-order chi connectivity index (χ1) is 10.1. The fourth-order valence-electron chi connectivity index (χ4n) is 2.80. The van der Waals surface area contributed by atoms with Gasteiger partial charge in [0.15, 0.2) is 0 Å². The van der Waals surface area contributed by atoms with E-state index in [9.17, 15) is 4.79 Å². The Morgan fingerprint density at radius 2 is 1.90 bits per heavy atom. The van der Waals surface area contributed by atoms with E-state index in [4.69, 9.17) is 4.74 Å². The lowest BCUT2D eigenvalue weighted by molar-refractivity contribution is -0.120. The third-order valence-corrected chi connectivity index (χ3v) is 4.18. The van der Waals surface area contributed by atoms with E-state index in [1.54, 1.807) is 7.11 Å². The summed E-state index contributed by atoms with van der Waals surface area (Å²) in [7, 11) is 1.62. The van der Waals surface area contributed by atoms with E-state index in [2.05, 4.69) is 10.2 Å². The summed E-state index contributed by atoms with van der Waals surface area (Å²) >= 11 is 0. The molecule has 4 heteroatoms. The van der Waals surface area contributed by atoms with Crippen molar-refractivity contribution in [1.82, 2.24) is 4.90 Å². The molecule has 1 aliphatic heterocycles. The normalized spacial score (nSPS) is 17.9. The van der Waals surface area contributed by atoms with Crippen molar-refractivity contribution in [3.05, 3.63) is 23.8 Å². The lowest BCUT2D eigenvalue weighted by atomic mass is 10.2. The molecule has 1 saturated heterocycles. The lowest BCUT2D eigenvalue weighted by Gasteiger charge is -2.26. The number of rotatable bonds is 4. The Morgan fingerprint density at radius 1 is 1.24 bits per heavy atom. The van der Waals surface area contributed by atoms with Crippen LogP contribution in [-0.2, 0) is 4.79 Å². The summed E-state index contributed by atoms with van der Waals surface area (Å²) in [5.41, 5.74) is 1.86. The zero-order chi connectivity index (χ0) is 15.2. The van der Waals surface area contributed by atoms with Gasteiger partial charge in [-0.25, -0.2) is 0 Å². The van der Waals surface area contributed by atoms with E-state index in [-0.39, 0.29) is 11.9 Å². The molecule has 1 amide bonds. The highest BCUT2D eigenvalue weighted by Crippen LogP contribution is 2.25. The van der Waals surface area contributed by atoms with Gasteiger partial charge in [-0.15, -0.1) is 0 Å². The highest BCUT2D eigenvalue weighted by molar-refractivity contribution is 5.95. The Kier molecular flexibility index (Phi) is 5.62. The van der Waals surface area contributed by atoms with E-state index < -0.39 is 0 Å². The average Bonchev–Trinajstić information content (AvgIpc) is 2.75. The van der Waals surface area contributed by atoms with Crippen molar-refractivity contribution in [1.29, 1.82) is 0 Å². The van der Waals surface area contributed by atoms with Crippen molar-refractivity contribution < 1.29 is 9.53 Å². The van der Waals surface area contributed by atoms with Gasteiger partial charge in [0.1, 0.15) is 5.75 Å². The van der Waals surface area contributed by atoms with Crippen LogP contribution in [0.2, 0.25) is 0 Å². The van der Waals surface area contributed by atoms with Crippen molar-refractivity contribution in [3.63, 3.8) is 0 Å². The Balaban J connectivity index is 2.04. The third kappa shape index (κ3) is 4.21. The van der Waals surface area contributed by atoms with Gasteiger partial charge in [-0.3, -0.25) is 9.69 Å². The van der Waals surface area contributed by atoms with E-state index >= 15 is 0 Å². The molecule has 0 saturated carbocycles. The van der Waals surface area contributed by atoms with Gasteiger partial charge in [0, 0.05) is 0 Å². The number of carbonyl (C=O) groups is 1. The van der Waals surface area contributed by atoms with Crippen LogP contribution in [-0.4, -0.2) is 37.0 Å². The molecule has 1 N–H and O–H groups in total. The zero-order valence-corrected chi connectivity index (χ0v) is 13.3. The Morgan fingerprint density at radius 3 is 2.52 bits per heavy atom. The van der Waals surface area contributed by atoms with Gasteiger partial charge >= 0.3 is 0 Å². The summed E-state index contributed by atoms with van der Waals surface area (Å²) in [6, 6.07) is 5.72. The average molecular weight is 290 g/mol. The molecule has 1 aliphatic rings.